The molecule has 0 saturated heterocycles. The van der Waals surface area contributed by atoms with Crippen molar-refractivity contribution in [3.05, 3.63) is 27.8 Å². The summed E-state index contributed by atoms with van der Waals surface area (Å²) in [7, 11) is 0. The second-order valence-electron chi connectivity index (χ2n) is 5.66. The van der Waals surface area contributed by atoms with E-state index in [0.717, 1.165) is 29.4 Å². The van der Waals surface area contributed by atoms with Crippen LogP contribution in [-0.2, 0) is 17.6 Å². The Morgan fingerprint density at radius 3 is 2.95 bits per heavy atom. The van der Waals surface area contributed by atoms with Crippen molar-refractivity contribution in [1.29, 1.82) is 0 Å². The molecule has 1 saturated carbocycles. The highest BCUT2D eigenvalue weighted by Gasteiger charge is 2.22. The number of amides is 1. The van der Waals surface area contributed by atoms with Gasteiger partial charge < -0.3 is 9.84 Å². The van der Waals surface area contributed by atoms with Crippen LogP contribution in [0.25, 0.3) is 0 Å². The molecule has 0 aliphatic heterocycles. The molecule has 0 atom stereocenters. The van der Waals surface area contributed by atoms with Crippen LogP contribution in [-0.4, -0.2) is 27.6 Å². The van der Waals surface area contributed by atoms with Crippen molar-refractivity contribution in [1.82, 2.24) is 20.4 Å². The third kappa shape index (κ3) is 3.91. The van der Waals surface area contributed by atoms with Crippen LogP contribution in [0.1, 0.15) is 54.0 Å². The van der Waals surface area contributed by atoms with Crippen LogP contribution in [0.2, 0.25) is 0 Å². The van der Waals surface area contributed by atoms with Gasteiger partial charge in [0.2, 0.25) is 11.8 Å². The van der Waals surface area contributed by atoms with Gasteiger partial charge in [-0.3, -0.25) is 4.79 Å². The first-order valence-corrected chi connectivity index (χ1v) is 8.59. The van der Waals surface area contributed by atoms with Crippen molar-refractivity contribution < 1.29 is 9.32 Å². The zero-order valence-corrected chi connectivity index (χ0v) is 13.5. The summed E-state index contributed by atoms with van der Waals surface area (Å²) >= 11 is 1.56. The molecule has 0 radical (unpaired) electrons. The number of hydrogen-bond acceptors (Lipinski definition) is 6. The first kappa shape index (κ1) is 15.1. The van der Waals surface area contributed by atoms with Crippen LogP contribution in [0.4, 0.5) is 0 Å². The molecule has 2 aromatic heterocycles. The molecule has 0 aromatic carbocycles. The lowest BCUT2D eigenvalue weighted by atomic mass is 10.1. The van der Waals surface area contributed by atoms with Crippen molar-refractivity contribution in [2.75, 3.05) is 6.54 Å². The molecule has 2 aromatic rings. The molecule has 118 valence electrons. The van der Waals surface area contributed by atoms with Crippen LogP contribution in [0.15, 0.2) is 9.90 Å². The van der Waals surface area contributed by atoms with Gasteiger partial charge in [0.25, 0.3) is 0 Å². The van der Waals surface area contributed by atoms with Gasteiger partial charge in [-0.2, -0.15) is 4.98 Å². The predicted octanol–water partition coefficient (Wildman–Crippen LogP) is 2.39. The lowest BCUT2D eigenvalue weighted by molar-refractivity contribution is -0.120. The van der Waals surface area contributed by atoms with Crippen molar-refractivity contribution in [2.45, 2.75) is 51.4 Å². The largest absolute Gasteiger partial charge is 0.355 e. The number of aromatic nitrogens is 3. The summed E-state index contributed by atoms with van der Waals surface area (Å²) < 4.78 is 5.32. The van der Waals surface area contributed by atoms with E-state index in [1.165, 1.54) is 12.8 Å². The molecule has 1 amide bonds. The number of carbonyl (C=O) groups is 1. The Morgan fingerprint density at radius 2 is 2.23 bits per heavy atom. The molecule has 1 fully saturated rings. The van der Waals surface area contributed by atoms with Gasteiger partial charge in [-0.1, -0.05) is 18.0 Å². The Kier molecular flexibility index (Phi) is 4.82. The maximum absolute atomic E-state index is 11.8. The molecular weight excluding hydrogens is 300 g/mol. The number of rotatable bonds is 6. The van der Waals surface area contributed by atoms with Gasteiger partial charge in [-0.15, -0.1) is 11.3 Å². The highest BCUT2D eigenvalue weighted by atomic mass is 32.1. The molecule has 7 heteroatoms. The van der Waals surface area contributed by atoms with Crippen LogP contribution in [0.3, 0.4) is 0 Å². The van der Waals surface area contributed by atoms with Gasteiger partial charge in [-0.05, 0) is 19.8 Å². The standard InChI is InChI=1S/C15H20N4O2S/c1-10-17-12(9-22-10)8-14(20)16-7-6-13-18-15(21-19-13)11-4-2-3-5-11/h9,11H,2-8H2,1H3,(H,16,20). The first-order chi connectivity index (χ1) is 10.7. The summed E-state index contributed by atoms with van der Waals surface area (Å²) in [4.78, 5) is 20.5. The van der Waals surface area contributed by atoms with E-state index in [0.29, 0.717) is 31.1 Å². The minimum atomic E-state index is -0.0233. The van der Waals surface area contributed by atoms with Crippen LogP contribution in [0, 0.1) is 6.92 Å². The molecule has 6 nitrogen and oxygen atoms in total. The fraction of sp³-hybridized carbons (Fsp3) is 0.600. The summed E-state index contributed by atoms with van der Waals surface area (Å²) in [5, 5.41) is 9.77. The Bertz CT molecular complexity index is 631. The Morgan fingerprint density at radius 1 is 1.41 bits per heavy atom. The summed E-state index contributed by atoms with van der Waals surface area (Å²) in [6.07, 6.45) is 5.70. The van der Waals surface area contributed by atoms with Gasteiger partial charge in [-0.25, -0.2) is 4.98 Å². The lowest BCUT2D eigenvalue weighted by Crippen LogP contribution is -2.27. The van der Waals surface area contributed by atoms with E-state index < -0.39 is 0 Å². The third-order valence-corrected chi connectivity index (χ3v) is 4.69. The van der Waals surface area contributed by atoms with E-state index in [-0.39, 0.29) is 5.91 Å². The molecule has 0 bridgehead atoms. The van der Waals surface area contributed by atoms with Crippen LogP contribution >= 0.6 is 11.3 Å². The van der Waals surface area contributed by atoms with Crippen molar-refractivity contribution in [2.24, 2.45) is 0 Å². The van der Waals surface area contributed by atoms with Gasteiger partial charge in [0.15, 0.2) is 5.82 Å². The number of nitrogens with zero attached hydrogens (tertiary/aromatic N) is 3. The number of carbonyl (C=O) groups excluding carboxylic acids is 1. The Labute approximate surface area is 133 Å². The number of nitrogens with one attached hydrogen (secondary N) is 1. The second-order valence-corrected chi connectivity index (χ2v) is 6.73. The SMILES string of the molecule is Cc1nc(CC(=O)NCCc2noc(C3CCCC3)n2)cs1. The lowest BCUT2D eigenvalue weighted by Gasteiger charge is -2.01. The van der Waals surface area contributed by atoms with Crippen molar-refractivity contribution in [3.63, 3.8) is 0 Å². The number of thiazole rings is 1. The quantitative estimate of drug-likeness (QED) is 0.884. The zero-order chi connectivity index (χ0) is 15.4. The normalized spacial score (nSPS) is 15.3. The van der Waals surface area contributed by atoms with Crippen molar-refractivity contribution >= 4 is 17.2 Å². The molecule has 3 rings (SSSR count). The topological polar surface area (TPSA) is 80.9 Å². The number of aryl methyl sites for hydroxylation is 1. The Hall–Kier alpha value is -1.76. The fourth-order valence-electron chi connectivity index (χ4n) is 2.74. The van der Waals surface area contributed by atoms with E-state index in [1.54, 1.807) is 11.3 Å². The first-order valence-electron chi connectivity index (χ1n) is 7.71. The van der Waals surface area contributed by atoms with Crippen LogP contribution in [0.5, 0.6) is 0 Å². The summed E-state index contributed by atoms with van der Waals surface area (Å²) in [5.74, 6) is 1.84. The molecular formula is C15H20N4O2S. The van der Waals surface area contributed by atoms with E-state index >= 15 is 0 Å². The molecule has 1 aliphatic carbocycles. The maximum Gasteiger partial charge on any atom is 0.229 e. The van der Waals surface area contributed by atoms with Gasteiger partial charge >= 0.3 is 0 Å². The molecule has 1 N–H and O–H groups in total. The average Bonchev–Trinajstić information content (AvgIpc) is 3.20. The highest BCUT2D eigenvalue weighted by Crippen LogP contribution is 2.32. The second kappa shape index (κ2) is 7.00. The third-order valence-electron chi connectivity index (χ3n) is 3.87. The molecule has 22 heavy (non-hydrogen) atoms. The van der Waals surface area contributed by atoms with Gasteiger partial charge in [0.05, 0.1) is 17.1 Å². The summed E-state index contributed by atoms with van der Waals surface area (Å²) in [5.41, 5.74) is 0.822. The minimum Gasteiger partial charge on any atom is -0.355 e. The average molecular weight is 320 g/mol. The van der Waals surface area contributed by atoms with E-state index in [1.807, 2.05) is 12.3 Å². The smallest absolute Gasteiger partial charge is 0.229 e. The molecule has 1 aliphatic rings. The molecule has 0 unspecified atom stereocenters. The highest BCUT2D eigenvalue weighted by molar-refractivity contribution is 7.09. The monoisotopic (exact) mass is 320 g/mol. The predicted molar refractivity (Wildman–Crippen MR) is 82.8 cm³/mol. The zero-order valence-electron chi connectivity index (χ0n) is 12.7. The summed E-state index contributed by atoms with van der Waals surface area (Å²) in [6, 6.07) is 0. The fourth-order valence-corrected chi connectivity index (χ4v) is 3.35. The molecule has 0 spiro atoms. The number of hydrogen-bond donors (Lipinski definition) is 1. The maximum atomic E-state index is 11.8. The van der Waals surface area contributed by atoms with Crippen molar-refractivity contribution in [3.8, 4) is 0 Å². The van der Waals surface area contributed by atoms with E-state index in [4.69, 9.17) is 4.52 Å². The molecule has 2 heterocycles. The van der Waals surface area contributed by atoms with E-state index in [9.17, 15) is 4.79 Å². The van der Waals surface area contributed by atoms with Crippen LogP contribution < -0.4 is 5.32 Å². The Balaban J connectivity index is 1.41. The van der Waals surface area contributed by atoms with E-state index in [2.05, 4.69) is 20.4 Å². The van der Waals surface area contributed by atoms with Gasteiger partial charge in [0, 0.05) is 24.3 Å². The van der Waals surface area contributed by atoms with Gasteiger partial charge in [0.1, 0.15) is 0 Å². The minimum absolute atomic E-state index is 0.0233. The summed E-state index contributed by atoms with van der Waals surface area (Å²) in [6.45, 7) is 2.45.